The Labute approximate surface area is 124 Å². The normalized spacial score (nSPS) is 16.0. The van der Waals surface area contributed by atoms with E-state index in [0.29, 0.717) is 0 Å². The van der Waals surface area contributed by atoms with Gasteiger partial charge in [0.2, 0.25) is 5.91 Å². The van der Waals surface area contributed by atoms with Crippen LogP contribution < -0.4 is 5.32 Å². The van der Waals surface area contributed by atoms with Gasteiger partial charge in [0.25, 0.3) is 0 Å². The summed E-state index contributed by atoms with van der Waals surface area (Å²) in [7, 11) is 0. The summed E-state index contributed by atoms with van der Waals surface area (Å²) < 4.78 is 13.1. The largest absolute Gasteiger partial charge is 0.345 e. The number of hydrogen-bond acceptors (Lipinski definition) is 1. The first-order chi connectivity index (χ1) is 10.2. The van der Waals surface area contributed by atoms with Crippen LogP contribution in [0.25, 0.3) is 0 Å². The molecule has 2 nitrogen and oxygen atoms in total. The molecule has 1 fully saturated rings. The standard InChI is InChI=1S/C18H18FNO/c19-16-11-9-14(10-12-16)17(13-5-2-1-3-6-13)20-18(21)15-7-4-8-15/h1-3,5-6,9-12,15,17H,4,7-8H2,(H,20,21). The Balaban J connectivity index is 1.87. The van der Waals surface area contributed by atoms with Crippen molar-refractivity contribution in [2.75, 3.05) is 0 Å². The van der Waals surface area contributed by atoms with Crippen LogP contribution >= 0.6 is 0 Å². The van der Waals surface area contributed by atoms with Crippen molar-refractivity contribution < 1.29 is 9.18 Å². The number of carbonyl (C=O) groups excluding carboxylic acids is 1. The highest BCUT2D eigenvalue weighted by Crippen LogP contribution is 2.29. The number of halogens is 1. The molecule has 1 aliphatic carbocycles. The molecule has 0 bridgehead atoms. The zero-order chi connectivity index (χ0) is 14.7. The molecule has 1 amide bonds. The van der Waals surface area contributed by atoms with Crippen molar-refractivity contribution in [3.05, 3.63) is 71.5 Å². The maximum absolute atomic E-state index is 13.1. The molecule has 1 atom stereocenters. The number of nitrogens with one attached hydrogen (secondary N) is 1. The lowest BCUT2D eigenvalue weighted by atomic mass is 9.84. The molecule has 2 aromatic carbocycles. The third-order valence-corrected chi connectivity index (χ3v) is 4.10. The number of carbonyl (C=O) groups is 1. The van der Waals surface area contributed by atoms with Crippen LogP contribution in [0.1, 0.15) is 36.4 Å². The second kappa shape index (κ2) is 6.08. The smallest absolute Gasteiger partial charge is 0.223 e. The zero-order valence-electron chi connectivity index (χ0n) is 11.8. The molecule has 1 aliphatic rings. The van der Waals surface area contributed by atoms with Crippen molar-refractivity contribution in [1.29, 1.82) is 0 Å². The Hall–Kier alpha value is -2.16. The summed E-state index contributed by atoms with van der Waals surface area (Å²) in [5.74, 6) is -0.0352. The van der Waals surface area contributed by atoms with E-state index in [1.54, 1.807) is 12.1 Å². The molecule has 0 radical (unpaired) electrons. The quantitative estimate of drug-likeness (QED) is 0.907. The molecule has 108 valence electrons. The van der Waals surface area contributed by atoms with E-state index in [9.17, 15) is 9.18 Å². The van der Waals surface area contributed by atoms with Crippen molar-refractivity contribution in [1.82, 2.24) is 5.32 Å². The molecule has 1 unspecified atom stereocenters. The van der Waals surface area contributed by atoms with E-state index < -0.39 is 0 Å². The molecule has 1 N–H and O–H groups in total. The van der Waals surface area contributed by atoms with Gasteiger partial charge >= 0.3 is 0 Å². The van der Waals surface area contributed by atoms with E-state index in [4.69, 9.17) is 0 Å². The van der Waals surface area contributed by atoms with Crippen molar-refractivity contribution >= 4 is 5.91 Å². The lowest BCUT2D eigenvalue weighted by molar-refractivity contribution is -0.127. The Morgan fingerprint density at radius 3 is 2.19 bits per heavy atom. The minimum absolute atomic E-state index is 0.0967. The molecule has 21 heavy (non-hydrogen) atoms. The lowest BCUT2D eigenvalue weighted by Crippen LogP contribution is -2.37. The van der Waals surface area contributed by atoms with Crippen LogP contribution in [0, 0.1) is 11.7 Å². The minimum Gasteiger partial charge on any atom is -0.345 e. The highest BCUT2D eigenvalue weighted by Gasteiger charge is 2.27. The molecule has 3 heteroatoms. The van der Waals surface area contributed by atoms with E-state index in [1.807, 2.05) is 30.3 Å². The topological polar surface area (TPSA) is 29.1 Å². The summed E-state index contributed by atoms with van der Waals surface area (Å²) in [5.41, 5.74) is 1.91. The average Bonchev–Trinajstić information content (AvgIpc) is 2.45. The van der Waals surface area contributed by atoms with Crippen molar-refractivity contribution in [2.45, 2.75) is 25.3 Å². The monoisotopic (exact) mass is 283 g/mol. The predicted octanol–water partition coefficient (Wildman–Crippen LogP) is 3.83. The van der Waals surface area contributed by atoms with Crippen LogP contribution in [-0.4, -0.2) is 5.91 Å². The van der Waals surface area contributed by atoms with Gasteiger partial charge in [0.05, 0.1) is 6.04 Å². The summed E-state index contributed by atoms with van der Waals surface area (Å²) in [5, 5.41) is 3.11. The van der Waals surface area contributed by atoms with E-state index >= 15 is 0 Å². The molecule has 0 saturated heterocycles. The lowest BCUT2D eigenvalue weighted by Gasteiger charge is -2.28. The van der Waals surface area contributed by atoms with E-state index in [0.717, 1.165) is 30.4 Å². The maximum atomic E-state index is 13.1. The Morgan fingerprint density at radius 2 is 1.62 bits per heavy atom. The minimum atomic E-state index is -0.268. The molecular formula is C18H18FNO. The van der Waals surface area contributed by atoms with Gasteiger partial charge in [0.15, 0.2) is 0 Å². The predicted molar refractivity (Wildman–Crippen MR) is 80.2 cm³/mol. The van der Waals surface area contributed by atoms with Crippen molar-refractivity contribution in [2.24, 2.45) is 5.92 Å². The second-order valence-corrected chi connectivity index (χ2v) is 5.53. The van der Waals surface area contributed by atoms with E-state index in [1.165, 1.54) is 12.1 Å². The van der Waals surface area contributed by atoms with Gasteiger partial charge in [-0.3, -0.25) is 4.79 Å². The third kappa shape index (κ3) is 3.13. The summed E-state index contributed by atoms with van der Waals surface area (Å²) in [6.07, 6.45) is 3.07. The fraction of sp³-hybridized carbons (Fsp3) is 0.278. The first-order valence-corrected chi connectivity index (χ1v) is 7.35. The molecule has 0 heterocycles. The fourth-order valence-corrected chi connectivity index (χ4v) is 2.59. The van der Waals surface area contributed by atoms with Crippen LogP contribution in [-0.2, 0) is 4.79 Å². The Bertz CT molecular complexity index is 605. The summed E-state index contributed by atoms with van der Waals surface area (Å²) in [6.45, 7) is 0. The molecule has 3 rings (SSSR count). The molecule has 0 spiro atoms. The SMILES string of the molecule is O=C(NC(c1ccccc1)c1ccc(F)cc1)C1CCC1. The zero-order valence-corrected chi connectivity index (χ0v) is 11.8. The van der Waals surface area contributed by atoms with Crippen LogP contribution in [0.3, 0.4) is 0 Å². The number of amides is 1. The number of hydrogen-bond donors (Lipinski definition) is 1. The summed E-state index contributed by atoms with van der Waals surface area (Å²) in [4.78, 5) is 12.3. The van der Waals surface area contributed by atoms with Gasteiger partial charge in [-0.1, -0.05) is 48.9 Å². The first kappa shape index (κ1) is 13.8. The molecule has 1 saturated carbocycles. The fourth-order valence-electron chi connectivity index (χ4n) is 2.59. The van der Waals surface area contributed by atoms with Crippen molar-refractivity contribution in [3.63, 3.8) is 0 Å². The molecule has 2 aromatic rings. The molecular weight excluding hydrogens is 265 g/mol. The van der Waals surface area contributed by atoms with Gasteiger partial charge in [-0.2, -0.15) is 0 Å². The number of benzene rings is 2. The van der Waals surface area contributed by atoms with Gasteiger partial charge < -0.3 is 5.32 Å². The van der Waals surface area contributed by atoms with Gasteiger partial charge in [-0.25, -0.2) is 4.39 Å². The average molecular weight is 283 g/mol. The molecule has 0 aromatic heterocycles. The van der Waals surface area contributed by atoms with E-state index in [2.05, 4.69) is 5.32 Å². The third-order valence-electron chi connectivity index (χ3n) is 4.10. The van der Waals surface area contributed by atoms with Crippen LogP contribution in [0.15, 0.2) is 54.6 Å². The highest BCUT2D eigenvalue weighted by molar-refractivity contribution is 5.80. The van der Waals surface area contributed by atoms with Crippen LogP contribution in [0.5, 0.6) is 0 Å². The Morgan fingerprint density at radius 1 is 1.00 bits per heavy atom. The van der Waals surface area contributed by atoms with Crippen LogP contribution in [0.2, 0.25) is 0 Å². The Kier molecular flexibility index (Phi) is 4.00. The summed E-state index contributed by atoms with van der Waals surface area (Å²) in [6, 6.07) is 15.9. The summed E-state index contributed by atoms with van der Waals surface area (Å²) >= 11 is 0. The maximum Gasteiger partial charge on any atom is 0.223 e. The first-order valence-electron chi connectivity index (χ1n) is 7.35. The van der Waals surface area contributed by atoms with Gasteiger partial charge in [-0.05, 0) is 36.1 Å². The van der Waals surface area contributed by atoms with Gasteiger partial charge in [-0.15, -0.1) is 0 Å². The molecule has 0 aliphatic heterocycles. The van der Waals surface area contributed by atoms with E-state index in [-0.39, 0.29) is 23.7 Å². The second-order valence-electron chi connectivity index (χ2n) is 5.53. The van der Waals surface area contributed by atoms with Crippen LogP contribution in [0.4, 0.5) is 4.39 Å². The highest BCUT2D eigenvalue weighted by atomic mass is 19.1. The van der Waals surface area contributed by atoms with Gasteiger partial charge in [0, 0.05) is 5.92 Å². The number of rotatable bonds is 4. The van der Waals surface area contributed by atoms with Gasteiger partial charge in [0.1, 0.15) is 5.82 Å². The van der Waals surface area contributed by atoms with Crippen molar-refractivity contribution in [3.8, 4) is 0 Å².